The molecule has 3 heteroatoms. The number of hydrogen-bond donors (Lipinski definition) is 0. The Hall–Kier alpha value is -2.13. The average Bonchev–Trinajstić information content (AvgIpc) is 2.70. The van der Waals surface area contributed by atoms with Crippen molar-refractivity contribution in [3.63, 3.8) is 0 Å². The van der Waals surface area contributed by atoms with Gasteiger partial charge in [0, 0.05) is 31.9 Å². The van der Waals surface area contributed by atoms with Gasteiger partial charge in [-0.3, -0.25) is 4.79 Å². The first-order valence-electron chi connectivity index (χ1n) is 9.28. The summed E-state index contributed by atoms with van der Waals surface area (Å²) in [6.07, 6.45) is 4.54. The lowest BCUT2D eigenvalue weighted by Crippen LogP contribution is -2.45. The highest BCUT2D eigenvalue weighted by molar-refractivity contribution is 5.94. The third-order valence-corrected chi connectivity index (χ3v) is 5.90. The zero-order valence-electron chi connectivity index (χ0n) is 14.6. The van der Waals surface area contributed by atoms with E-state index in [-0.39, 0.29) is 5.91 Å². The van der Waals surface area contributed by atoms with Crippen LogP contribution in [0.1, 0.15) is 36.0 Å². The molecule has 2 heterocycles. The van der Waals surface area contributed by atoms with Crippen molar-refractivity contribution in [2.45, 2.75) is 25.7 Å². The van der Waals surface area contributed by atoms with Gasteiger partial charge in [0.25, 0.3) is 5.91 Å². The number of carbonyl (C=O) groups excluding carboxylic acids is 1. The van der Waals surface area contributed by atoms with Crippen LogP contribution < -0.4 is 0 Å². The van der Waals surface area contributed by atoms with Gasteiger partial charge in [0.05, 0.1) is 0 Å². The largest absolute Gasteiger partial charge is 0.381 e. The standard InChI is InChI=1S/C22H25NO2/c24-21(23-14-10-22(11-15-23)12-16-25-17-13-22)20-8-6-19(7-9-20)18-4-2-1-3-5-18/h1-9H,10-17H2. The van der Waals surface area contributed by atoms with E-state index in [1.165, 1.54) is 5.56 Å². The van der Waals surface area contributed by atoms with E-state index in [1.54, 1.807) is 0 Å². The van der Waals surface area contributed by atoms with Crippen LogP contribution in [0.3, 0.4) is 0 Å². The zero-order valence-corrected chi connectivity index (χ0v) is 14.6. The van der Waals surface area contributed by atoms with Crippen molar-refractivity contribution in [1.82, 2.24) is 4.90 Å². The highest BCUT2D eigenvalue weighted by Gasteiger charge is 2.37. The van der Waals surface area contributed by atoms with Crippen molar-refractivity contribution in [1.29, 1.82) is 0 Å². The van der Waals surface area contributed by atoms with Crippen LogP contribution in [-0.2, 0) is 4.74 Å². The van der Waals surface area contributed by atoms with Crippen molar-refractivity contribution < 1.29 is 9.53 Å². The minimum absolute atomic E-state index is 0.168. The molecule has 4 rings (SSSR count). The molecule has 2 fully saturated rings. The van der Waals surface area contributed by atoms with E-state index in [2.05, 4.69) is 12.1 Å². The van der Waals surface area contributed by atoms with Gasteiger partial charge in [0.15, 0.2) is 0 Å². The Morgan fingerprint density at radius 2 is 1.40 bits per heavy atom. The molecule has 0 unspecified atom stereocenters. The summed E-state index contributed by atoms with van der Waals surface area (Å²) in [5.41, 5.74) is 3.55. The summed E-state index contributed by atoms with van der Waals surface area (Å²) in [4.78, 5) is 14.8. The van der Waals surface area contributed by atoms with E-state index >= 15 is 0 Å². The first kappa shape index (κ1) is 16.3. The van der Waals surface area contributed by atoms with E-state index < -0.39 is 0 Å². The number of nitrogens with zero attached hydrogens (tertiary/aromatic N) is 1. The molecule has 0 atom stereocenters. The Morgan fingerprint density at radius 3 is 2.04 bits per heavy atom. The van der Waals surface area contributed by atoms with Crippen LogP contribution in [0.15, 0.2) is 54.6 Å². The van der Waals surface area contributed by atoms with Crippen LogP contribution >= 0.6 is 0 Å². The molecule has 25 heavy (non-hydrogen) atoms. The number of rotatable bonds is 2. The van der Waals surface area contributed by atoms with Crippen LogP contribution in [0.4, 0.5) is 0 Å². The average molecular weight is 335 g/mol. The molecule has 1 amide bonds. The molecule has 0 bridgehead atoms. The lowest BCUT2D eigenvalue weighted by molar-refractivity contribution is -0.0175. The fourth-order valence-corrected chi connectivity index (χ4v) is 4.11. The van der Waals surface area contributed by atoms with Crippen molar-refractivity contribution in [3.8, 4) is 11.1 Å². The Kier molecular flexibility index (Phi) is 4.58. The van der Waals surface area contributed by atoms with E-state index in [9.17, 15) is 4.79 Å². The second kappa shape index (κ2) is 7.01. The summed E-state index contributed by atoms with van der Waals surface area (Å²) in [5.74, 6) is 0.168. The van der Waals surface area contributed by atoms with Crippen molar-refractivity contribution >= 4 is 5.91 Å². The summed E-state index contributed by atoms with van der Waals surface area (Å²) in [7, 11) is 0. The molecule has 0 saturated carbocycles. The highest BCUT2D eigenvalue weighted by atomic mass is 16.5. The van der Waals surface area contributed by atoms with E-state index in [0.29, 0.717) is 5.41 Å². The first-order chi connectivity index (χ1) is 12.3. The van der Waals surface area contributed by atoms with Gasteiger partial charge in [-0.15, -0.1) is 0 Å². The number of amides is 1. The number of hydrogen-bond acceptors (Lipinski definition) is 2. The maximum Gasteiger partial charge on any atom is 0.253 e. The van der Waals surface area contributed by atoms with E-state index in [0.717, 1.165) is 63.1 Å². The number of piperidine rings is 1. The molecule has 130 valence electrons. The third kappa shape index (κ3) is 3.47. The first-order valence-corrected chi connectivity index (χ1v) is 9.28. The Bertz CT molecular complexity index is 707. The molecular formula is C22H25NO2. The SMILES string of the molecule is O=C(c1ccc(-c2ccccc2)cc1)N1CCC2(CCOCC2)CC1. The van der Waals surface area contributed by atoms with Gasteiger partial charge in [0.1, 0.15) is 0 Å². The van der Waals surface area contributed by atoms with Crippen molar-refractivity contribution in [2.24, 2.45) is 5.41 Å². The van der Waals surface area contributed by atoms with Gasteiger partial charge >= 0.3 is 0 Å². The molecule has 0 aromatic heterocycles. The molecule has 0 N–H and O–H groups in total. The maximum atomic E-state index is 12.8. The Labute approximate surface area is 149 Å². The summed E-state index contributed by atoms with van der Waals surface area (Å²) in [5, 5.41) is 0. The van der Waals surface area contributed by atoms with Crippen molar-refractivity contribution in [2.75, 3.05) is 26.3 Å². The number of ether oxygens (including phenoxy) is 1. The van der Waals surface area contributed by atoms with Crippen LogP contribution in [0.25, 0.3) is 11.1 Å². The fraction of sp³-hybridized carbons (Fsp3) is 0.409. The maximum absolute atomic E-state index is 12.8. The minimum atomic E-state index is 0.168. The van der Waals surface area contributed by atoms with Gasteiger partial charge in [-0.2, -0.15) is 0 Å². The molecule has 0 radical (unpaired) electrons. The molecule has 1 spiro atoms. The van der Waals surface area contributed by atoms with Crippen LogP contribution in [-0.4, -0.2) is 37.1 Å². The quantitative estimate of drug-likeness (QED) is 0.815. The molecule has 2 aliphatic heterocycles. The topological polar surface area (TPSA) is 29.5 Å². The van der Waals surface area contributed by atoms with Gasteiger partial charge in [-0.25, -0.2) is 0 Å². The van der Waals surface area contributed by atoms with Crippen LogP contribution in [0, 0.1) is 5.41 Å². The molecule has 3 nitrogen and oxygen atoms in total. The van der Waals surface area contributed by atoms with Crippen LogP contribution in [0.5, 0.6) is 0 Å². The molecule has 2 aromatic rings. The lowest BCUT2D eigenvalue weighted by atomic mass is 9.72. The van der Waals surface area contributed by atoms with Gasteiger partial charge in [-0.1, -0.05) is 42.5 Å². The highest BCUT2D eigenvalue weighted by Crippen LogP contribution is 2.40. The van der Waals surface area contributed by atoms with Gasteiger partial charge in [-0.05, 0) is 54.4 Å². The van der Waals surface area contributed by atoms with Gasteiger partial charge < -0.3 is 9.64 Å². The van der Waals surface area contributed by atoms with E-state index in [1.807, 2.05) is 47.4 Å². The molecule has 2 aliphatic rings. The number of benzene rings is 2. The fourth-order valence-electron chi connectivity index (χ4n) is 4.11. The van der Waals surface area contributed by atoms with Crippen LogP contribution in [0.2, 0.25) is 0 Å². The van der Waals surface area contributed by atoms with E-state index in [4.69, 9.17) is 4.74 Å². The summed E-state index contributed by atoms with van der Waals surface area (Å²) >= 11 is 0. The zero-order chi connectivity index (χ0) is 17.1. The monoisotopic (exact) mass is 335 g/mol. The summed E-state index contributed by atoms with van der Waals surface area (Å²) in [6.45, 7) is 3.52. The Morgan fingerprint density at radius 1 is 0.800 bits per heavy atom. The predicted molar refractivity (Wildman–Crippen MR) is 99.5 cm³/mol. The summed E-state index contributed by atoms with van der Waals surface area (Å²) < 4.78 is 5.51. The van der Waals surface area contributed by atoms with Gasteiger partial charge in [0.2, 0.25) is 0 Å². The molecule has 2 saturated heterocycles. The Balaban J connectivity index is 1.41. The molecular weight excluding hydrogens is 310 g/mol. The van der Waals surface area contributed by atoms with Crippen molar-refractivity contribution in [3.05, 3.63) is 60.2 Å². The second-order valence-corrected chi connectivity index (χ2v) is 7.35. The molecule has 0 aliphatic carbocycles. The molecule has 2 aromatic carbocycles. The minimum Gasteiger partial charge on any atom is -0.381 e. The number of likely N-dealkylation sites (tertiary alicyclic amines) is 1. The number of carbonyl (C=O) groups is 1. The lowest BCUT2D eigenvalue weighted by Gasteiger charge is -2.44. The third-order valence-electron chi connectivity index (χ3n) is 5.90. The summed E-state index contributed by atoms with van der Waals surface area (Å²) in [6, 6.07) is 18.3. The normalized spacial score (nSPS) is 19.8. The smallest absolute Gasteiger partial charge is 0.253 e. The second-order valence-electron chi connectivity index (χ2n) is 7.35. The predicted octanol–water partition coefficient (Wildman–Crippen LogP) is 4.39.